The van der Waals surface area contributed by atoms with Crippen LogP contribution in [0.25, 0.3) is 0 Å². The average molecular weight is 322 g/mol. The molecule has 0 aliphatic rings. The van der Waals surface area contributed by atoms with Crippen LogP contribution in [0, 0.1) is 11.6 Å². The maximum absolute atomic E-state index is 13.2. The third-order valence-electron chi connectivity index (χ3n) is 2.73. The molecule has 2 aromatic carbocycles. The number of hydrogen-bond donors (Lipinski definition) is 0. The lowest BCUT2D eigenvalue weighted by molar-refractivity contribution is 0.507. The summed E-state index contributed by atoms with van der Waals surface area (Å²) >= 11 is 18.1. The van der Waals surface area contributed by atoms with E-state index >= 15 is 0 Å². The fourth-order valence-electron chi connectivity index (χ4n) is 1.74. The van der Waals surface area contributed by atoms with Crippen molar-refractivity contribution in [1.82, 2.24) is 0 Å². The van der Waals surface area contributed by atoms with Crippen molar-refractivity contribution in [3.05, 3.63) is 69.2 Å². The van der Waals surface area contributed by atoms with Gasteiger partial charge in [-0.15, -0.1) is 11.6 Å². The van der Waals surface area contributed by atoms with Crippen molar-refractivity contribution in [2.45, 2.75) is 11.8 Å². The fourth-order valence-corrected chi connectivity index (χ4v) is 2.64. The summed E-state index contributed by atoms with van der Waals surface area (Å²) in [6.45, 7) is 0. The van der Waals surface area contributed by atoms with Crippen LogP contribution < -0.4 is 0 Å². The van der Waals surface area contributed by atoms with E-state index in [-0.39, 0.29) is 5.02 Å². The molecule has 0 saturated heterocycles. The number of alkyl halides is 1. The van der Waals surface area contributed by atoms with E-state index in [9.17, 15) is 8.78 Å². The first-order valence-electron chi connectivity index (χ1n) is 5.51. The predicted molar refractivity (Wildman–Crippen MR) is 75.1 cm³/mol. The molecule has 0 nitrogen and oxygen atoms in total. The highest BCUT2D eigenvalue weighted by atomic mass is 35.5. The van der Waals surface area contributed by atoms with Crippen LogP contribution in [-0.4, -0.2) is 0 Å². The number of rotatable bonds is 3. The van der Waals surface area contributed by atoms with Crippen LogP contribution in [0.4, 0.5) is 8.78 Å². The quantitative estimate of drug-likeness (QED) is 0.495. The van der Waals surface area contributed by atoms with Gasteiger partial charge in [0.2, 0.25) is 0 Å². The van der Waals surface area contributed by atoms with Crippen LogP contribution in [0.5, 0.6) is 0 Å². The standard InChI is InChI=1S/C14H9Cl3F2/c15-10-4-2-1-3-8(10)5-11(16)9-6-13(18)14(19)7-12(9)17/h1-4,6-7,11H,5H2. The Morgan fingerprint density at radius 2 is 1.58 bits per heavy atom. The lowest BCUT2D eigenvalue weighted by Crippen LogP contribution is -1.99. The molecule has 0 aliphatic heterocycles. The molecule has 1 unspecified atom stereocenters. The van der Waals surface area contributed by atoms with Gasteiger partial charge in [-0.1, -0.05) is 41.4 Å². The number of benzene rings is 2. The molecule has 0 saturated carbocycles. The van der Waals surface area contributed by atoms with Gasteiger partial charge in [-0.25, -0.2) is 8.78 Å². The fraction of sp³-hybridized carbons (Fsp3) is 0.143. The van der Waals surface area contributed by atoms with Gasteiger partial charge in [0, 0.05) is 10.0 Å². The maximum atomic E-state index is 13.2. The summed E-state index contributed by atoms with van der Waals surface area (Å²) in [5, 5.41) is 0.0975. The second-order valence-corrected chi connectivity index (χ2v) is 5.39. The molecular formula is C14H9Cl3F2. The van der Waals surface area contributed by atoms with Gasteiger partial charge in [0.25, 0.3) is 0 Å². The normalized spacial score (nSPS) is 12.5. The van der Waals surface area contributed by atoms with Crippen molar-refractivity contribution in [2.24, 2.45) is 0 Å². The third-order valence-corrected chi connectivity index (χ3v) is 3.82. The Hall–Kier alpha value is -0.830. The summed E-state index contributed by atoms with van der Waals surface area (Å²) in [4.78, 5) is 0. The highest BCUT2D eigenvalue weighted by molar-refractivity contribution is 6.33. The molecule has 0 radical (unpaired) electrons. The van der Waals surface area contributed by atoms with Gasteiger partial charge in [-0.2, -0.15) is 0 Å². The largest absolute Gasteiger partial charge is 0.204 e. The Balaban J connectivity index is 2.28. The zero-order chi connectivity index (χ0) is 14.0. The lowest BCUT2D eigenvalue weighted by Gasteiger charge is -2.13. The van der Waals surface area contributed by atoms with Crippen molar-refractivity contribution in [3.63, 3.8) is 0 Å². The highest BCUT2D eigenvalue weighted by Gasteiger charge is 2.17. The van der Waals surface area contributed by atoms with Gasteiger partial charge in [-0.3, -0.25) is 0 Å². The predicted octanol–water partition coefficient (Wildman–Crippen LogP) is 5.79. The van der Waals surface area contributed by atoms with Gasteiger partial charge >= 0.3 is 0 Å². The van der Waals surface area contributed by atoms with Gasteiger partial charge in [0.15, 0.2) is 11.6 Å². The van der Waals surface area contributed by atoms with Crippen LogP contribution in [0.2, 0.25) is 10.0 Å². The minimum absolute atomic E-state index is 0.103. The zero-order valence-electron chi connectivity index (χ0n) is 9.64. The molecule has 2 rings (SSSR count). The molecule has 2 aromatic rings. The molecule has 0 N–H and O–H groups in total. The van der Waals surface area contributed by atoms with Crippen LogP contribution in [0.1, 0.15) is 16.5 Å². The molecule has 0 heterocycles. The first-order chi connectivity index (χ1) is 8.99. The monoisotopic (exact) mass is 320 g/mol. The number of hydrogen-bond acceptors (Lipinski definition) is 0. The van der Waals surface area contributed by atoms with E-state index in [1.54, 1.807) is 12.1 Å². The van der Waals surface area contributed by atoms with Crippen LogP contribution >= 0.6 is 34.8 Å². The first-order valence-corrected chi connectivity index (χ1v) is 6.70. The van der Waals surface area contributed by atoms with Crippen LogP contribution in [0.15, 0.2) is 36.4 Å². The third kappa shape index (κ3) is 3.38. The molecule has 0 aliphatic carbocycles. The summed E-state index contributed by atoms with van der Waals surface area (Å²) in [5.41, 5.74) is 1.17. The molecule has 5 heteroatoms. The van der Waals surface area contributed by atoms with Crippen LogP contribution in [-0.2, 0) is 6.42 Å². The second-order valence-electron chi connectivity index (χ2n) is 4.05. The Bertz CT molecular complexity index is 599. The van der Waals surface area contributed by atoms with E-state index in [0.29, 0.717) is 17.0 Å². The topological polar surface area (TPSA) is 0 Å². The molecule has 0 spiro atoms. The molecule has 0 fully saturated rings. The van der Waals surface area contributed by atoms with Crippen molar-refractivity contribution < 1.29 is 8.78 Å². The highest BCUT2D eigenvalue weighted by Crippen LogP contribution is 2.33. The maximum Gasteiger partial charge on any atom is 0.160 e. The van der Waals surface area contributed by atoms with Crippen molar-refractivity contribution >= 4 is 34.8 Å². The molecule has 0 aromatic heterocycles. The van der Waals surface area contributed by atoms with Crippen molar-refractivity contribution in [1.29, 1.82) is 0 Å². The lowest BCUT2D eigenvalue weighted by atomic mass is 10.0. The van der Waals surface area contributed by atoms with E-state index in [1.165, 1.54) is 0 Å². The molecular weight excluding hydrogens is 313 g/mol. The molecule has 100 valence electrons. The first kappa shape index (κ1) is 14.6. The minimum atomic E-state index is -0.990. The average Bonchev–Trinajstić information content (AvgIpc) is 2.36. The number of halogens is 5. The van der Waals surface area contributed by atoms with E-state index in [0.717, 1.165) is 17.7 Å². The summed E-state index contributed by atoms with van der Waals surface area (Å²) < 4.78 is 26.2. The summed E-state index contributed by atoms with van der Waals surface area (Å²) in [6, 6.07) is 9.15. The van der Waals surface area contributed by atoms with Gasteiger partial charge in [0.05, 0.1) is 5.38 Å². The zero-order valence-corrected chi connectivity index (χ0v) is 11.9. The van der Waals surface area contributed by atoms with Gasteiger partial charge < -0.3 is 0 Å². The molecule has 0 bridgehead atoms. The Kier molecular flexibility index (Phi) is 4.67. The SMILES string of the molecule is Fc1cc(Cl)c(C(Cl)Cc2ccccc2Cl)cc1F. The summed E-state index contributed by atoms with van der Waals surface area (Å²) in [6.07, 6.45) is 0.381. The van der Waals surface area contributed by atoms with E-state index in [2.05, 4.69) is 0 Å². The van der Waals surface area contributed by atoms with E-state index in [4.69, 9.17) is 34.8 Å². The van der Waals surface area contributed by atoms with Gasteiger partial charge in [-0.05, 0) is 35.7 Å². The van der Waals surface area contributed by atoms with E-state index in [1.807, 2.05) is 12.1 Å². The van der Waals surface area contributed by atoms with Gasteiger partial charge in [0.1, 0.15) is 0 Å². The second kappa shape index (κ2) is 6.08. The van der Waals surface area contributed by atoms with E-state index < -0.39 is 17.0 Å². The van der Waals surface area contributed by atoms with Crippen LogP contribution in [0.3, 0.4) is 0 Å². The summed E-state index contributed by atoms with van der Waals surface area (Å²) in [5.74, 6) is -1.96. The van der Waals surface area contributed by atoms with Crippen molar-refractivity contribution in [3.8, 4) is 0 Å². The summed E-state index contributed by atoms with van der Waals surface area (Å²) in [7, 11) is 0. The molecule has 1 atom stereocenters. The Morgan fingerprint density at radius 1 is 0.947 bits per heavy atom. The van der Waals surface area contributed by atoms with Crippen molar-refractivity contribution in [2.75, 3.05) is 0 Å². The molecule has 0 amide bonds. The Labute approximate surface area is 124 Å². The smallest absolute Gasteiger partial charge is 0.160 e. The Morgan fingerprint density at radius 3 is 2.26 bits per heavy atom. The molecule has 19 heavy (non-hydrogen) atoms. The minimum Gasteiger partial charge on any atom is -0.204 e.